The van der Waals surface area contributed by atoms with Gasteiger partial charge in [-0.05, 0) is 26.3 Å². The van der Waals surface area contributed by atoms with Gasteiger partial charge in [0.1, 0.15) is 0 Å². The Kier molecular flexibility index (Phi) is 1.47. The third kappa shape index (κ3) is 0.719. The molecule has 0 aliphatic carbocycles. The van der Waals surface area contributed by atoms with Crippen LogP contribution in [0.3, 0.4) is 0 Å². The quantitative estimate of drug-likeness (QED) is 0.524. The maximum atomic E-state index is 11.2. The Hall–Kier alpha value is -0.920. The van der Waals surface area contributed by atoms with Crippen molar-refractivity contribution in [2.75, 3.05) is 0 Å². The minimum atomic E-state index is 0.134. The van der Waals surface area contributed by atoms with E-state index in [1.165, 1.54) is 0 Å². The predicted molar refractivity (Wildman–Crippen MR) is 39.8 cm³/mol. The van der Waals surface area contributed by atoms with E-state index in [-0.39, 0.29) is 5.88 Å². The molecule has 1 aromatic heterocycles. The first-order chi connectivity index (χ1) is 4.55. The number of nitrogens with zero attached hydrogens (tertiary/aromatic N) is 1. The lowest BCUT2D eigenvalue weighted by atomic mass is 10.2. The van der Waals surface area contributed by atoms with E-state index in [1.54, 1.807) is 11.6 Å². The molecule has 0 aromatic carbocycles. The Bertz CT molecular complexity index is 180. The molecule has 0 aliphatic heterocycles. The molecule has 0 amide bonds. The SMILES string of the molecule is Cc1c(C)c([O])n(C)c1C. The molecule has 0 fully saturated rings. The third-order valence-electron chi connectivity index (χ3n) is 2.23. The van der Waals surface area contributed by atoms with Crippen molar-refractivity contribution < 1.29 is 5.11 Å². The van der Waals surface area contributed by atoms with Gasteiger partial charge in [0.2, 0.25) is 0 Å². The molecule has 10 heavy (non-hydrogen) atoms. The van der Waals surface area contributed by atoms with Crippen molar-refractivity contribution in [3.05, 3.63) is 16.8 Å². The van der Waals surface area contributed by atoms with Crippen molar-refractivity contribution in [1.82, 2.24) is 4.57 Å². The molecule has 1 aromatic rings. The van der Waals surface area contributed by atoms with E-state index in [4.69, 9.17) is 0 Å². The molecular weight excluding hydrogens is 126 g/mol. The van der Waals surface area contributed by atoms with E-state index in [9.17, 15) is 5.11 Å². The van der Waals surface area contributed by atoms with Gasteiger partial charge >= 0.3 is 0 Å². The van der Waals surface area contributed by atoms with Gasteiger partial charge in [0, 0.05) is 18.3 Å². The fourth-order valence-corrected chi connectivity index (χ4v) is 1.09. The van der Waals surface area contributed by atoms with E-state index < -0.39 is 0 Å². The van der Waals surface area contributed by atoms with Crippen LogP contribution in [-0.4, -0.2) is 4.57 Å². The largest absolute Gasteiger partial charge is 0.316 e. The van der Waals surface area contributed by atoms with Crippen LogP contribution in [0.25, 0.3) is 0 Å². The van der Waals surface area contributed by atoms with Crippen molar-refractivity contribution >= 4 is 0 Å². The zero-order valence-corrected chi connectivity index (χ0v) is 6.86. The fourth-order valence-electron chi connectivity index (χ4n) is 1.09. The molecule has 1 heterocycles. The molecule has 0 N–H and O–H groups in total. The first-order valence-corrected chi connectivity index (χ1v) is 3.35. The minimum absolute atomic E-state index is 0.134. The molecular formula is C8H12NO. The van der Waals surface area contributed by atoms with Gasteiger partial charge in [-0.2, -0.15) is 0 Å². The molecule has 0 saturated carbocycles. The molecule has 0 bridgehead atoms. The second-order valence-corrected chi connectivity index (χ2v) is 2.70. The van der Waals surface area contributed by atoms with Gasteiger partial charge in [0.15, 0.2) is 0 Å². The van der Waals surface area contributed by atoms with Gasteiger partial charge in [-0.25, -0.2) is 0 Å². The van der Waals surface area contributed by atoms with Gasteiger partial charge in [-0.1, -0.05) is 0 Å². The Morgan fingerprint density at radius 2 is 1.60 bits per heavy atom. The summed E-state index contributed by atoms with van der Waals surface area (Å²) in [6.07, 6.45) is 0. The molecule has 2 heteroatoms. The zero-order chi connectivity index (χ0) is 7.89. The lowest BCUT2D eigenvalue weighted by Crippen LogP contribution is -1.88. The first kappa shape index (κ1) is 7.19. The second kappa shape index (κ2) is 2.04. The van der Waals surface area contributed by atoms with Crippen molar-refractivity contribution in [3.8, 4) is 5.88 Å². The Morgan fingerprint density at radius 3 is 1.70 bits per heavy atom. The molecule has 0 atom stereocenters. The van der Waals surface area contributed by atoms with Gasteiger partial charge in [-0.15, -0.1) is 0 Å². The summed E-state index contributed by atoms with van der Waals surface area (Å²) in [5.41, 5.74) is 3.06. The topological polar surface area (TPSA) is 24.8 Å². The molecule has 0 unspecified atom stereocenters. The van der Waals surface area contributed by atoms with E-state index in [0.717, 1.165) is 16.8 Å². The lowest BCUT2D eigenvalue weighted by molar-refractivity contribution is 0.318. The summed E-state index contributed by atoms with van der Waals surface area (Å²) in [6, 6.07) is 0. The summed E-state index contributed by atoms with van der Waals surface area (Å²) in [6.45, 7) is 5.81. The predicted octanol–water partition coefficient (Wildman–Crippen LogP) is 2.09. The molecule has 2 nitrogen and oxygen atoms in total. The van der Waals surface area contributed by atoms with Gasteiger partial charge in [0.25, 0.3) is 5.88 Å². The average Bonchev–Trinajstić information content (AvgIpc) is 2.07. The van der Waals surface area contributed by atoms with Gasteiger partial charge in [-0.3, -0.25) is 5.11 Å². The van der Waals surface area contributed by atoms with E-state index in [0.29, 0.717) is 0 Å². The number of aromatic nitrogens is 1. The van der Waals surface area contributed by atoms with Crippen LogP contribution in [0.2, 0.25) is 0 Å². The molecule has 1 rings (SSSR count). The van der Waals surface area contributed by atoms with Crippen LogP contribution < -0.4 is 0 Å². The number of rotatable bonds is 0. The molecule has 1 radical (unpaired) electrons. The third-order valence-corrected chi connectivity index (χ3v) is 2.23. The summed E-state index contributed by atoms with van der Waals surface area (Å²) in [4.78, 5) is 0. The van der Waals surface area contributed by atoms with E-state index >= 15 is 0 Å². The average molecular weight is 138 g/mol. The van der Waals surface area contributed by atoms with Crippen molar-refractivity contribution in [1.29, 1.82) is 0 Å². The molecule has 0 saturated heterocycles. The molecule has 0 aliphatic rings. The maximum absolute atomic E-state index is 11.2. The molecule has 55 valence electrons. The van der Waals surface area contributed by atoms with Crippen LogP contribution in [-0.2, 0) is 12.2 Å². The van der Waals surface area contributed by atoms with Crippen LogP contribution in [0.15, 0.2) is 0 Å². The van der Waals surface area contributed by atoms with Crippen LogP contribution in [0.1, 0.15) is 16.8 Å². The second-order valence-electron chi connectivity index (χ2n) is 2.70. The zero-order valence-electron chi connectivity index (χ0n) is 6.86. The van der Waals surface area contributed by atoms with Crippen molar-refractivity contribution in [2.45, 2.75) is 20.8 Å². The van der Waals surface area contributed by atoms with E-state index in [2.05, 4.69) is 0 Å². The Morgan fingerprint density at radius 1 is 1.10 bits per heavy atom. The Labute approximate surface area is 61.1 Å². The smallest absolute Gasteiger partial charge is 0.253 e. The summed E-state index contributed by atoms with van der Waals surface area (Å²) < 4.78 is 1.69. The van der Waals surface area contributed by atoms with Crippen LogP contribution in [0.4, 0.5) is 0 Å². The monoisotopic (exact) mass is 138 g/mol. The van der Waals surface area contributed by atoms with Crippen LogP contribution in [0.5, 0.6) is 5.88 Å². The minimum Gasteiger partial charge on any atom is -0.316 e. The normalized spacial score (nSPS) is 10.4. The number of hydrogen-bond acceptors (Lipinski definition) is 0. The fraction of sp³-hybridized carbons (Fsp3) is 0.500. The highest BCUT2D eigenvalue weighted by atomic mass is 16.3. The standard InChI is InChI=1S/C8H12NO/c1-5-6(2)8(10)9(4)7(5)3/h1-4H3. The summed E-state index contributed by atoms with van der Waals surface area (Å²) in [7, 11) is 1.80. The van der Waals surface area contributed by atoms with E-state index in [1.807, 2.05) is 20.8 Å². The van der Waals surface area contributed by atoms with Crippen molar-refractivity contribution in [3.63, 3.8) is 0 Å². The highest BCUT2D eigenvalue weighted by Crippen LogP contribution is 2.25. The highest BCUT2D eigenvalue weighted by Gasteiger charge is 2.10. The van der Waals surface area contributed by atoms with Gasteiger partial charge in [0.05, 0.1) is 0 Å². The Balaban J connectivity index is 3.44. The molecule has 0 spiro atoms. The lowest BCUT2D eigenvalue weighted by Gasteiger charge is -1.94. The van der Waals surface area contributed by atoms with Crippen molar-refractivity contribution in [2.24, 2.45) is 7.05 Å². The summed E-state index contributed by atoms with van der Waals surface area (Å²) in [5, 5.41) is 11.2. The summed E-state index contributed by atoms with van der Waals surface area (Å²) in [5.74, 6) is 0.134. The van der Waals surface area contributed by atoms with Gasteiger partial charge < -0.3 is 4.57 Å². The van der Waals surface area contributed by atoms with Crippen LogP contribution >= 0.6 is 0 Å². The summed E-state index contributed by atoms with van der Waals surface area (Å²) >= 11 is 0. The highest BCUT2D eigenvalue weighted by molar-refractivity contribution is 5.38. The first-order valence-electron chi connectivity index (χ1n) is 3.35. The van der Waals surface area contributed by atoms with Crippen LogP contribution in [0, 0.1) is 20.8 Å². The maximum Gasteiger partial charge on any atom is 0.253 e. The number of hydrogen-bond donors (Lipinski definition) is 0.